The fourth-order valence-electron chi connectivity index (χ4n) is 1.44. The van der Waals surface area contributed by atoms with Gasteiger partial charge in [-0.15, -0.1) is 0 Å². The number of ether oxygens (including phenoxy) is 1. The lowest BCUT2D eigenvalue weighted by Crippen LogP contribution is -2.09. The molecule has 4 heteroatoms. The predicted octanol–water partition coefficient (Wildman–Crippen LogP) is 2.62. The van der Waals surface area contributed by atoms with E-state index < -0.39 is 0 Å². The Morgan fingerprint density at radius 3 is 2.82 bits per heavy atom. The van der Waals surface area contributed by atoms with Crippen molar-refractivity contribution in [2.45, 2.75) is 13.0 Å². The van der Waals surface area contributed by atoms with Gasteiger partial charge in [-0.05, 0) is 28.5 Å². The molecule has 0 atom stereocenters. The molecule has 2 rings (SSSR count). The number of esters is 1. The molecule has 0 bridgehead atoms. The molecule has 2 N–H and O–H groups in total. The first-order valence-electron chi connectivity index (χ1n) is 5.26. The molecule has 1 heterocycles. The Morgan fingerprint density at radius 2 is 2.12 bits per heavy atom. The van der Waals surface area contributed by atoms with Crippen LogP contribution in [0.3, 0.4) is 0 Å². The number of carbonyl (C=O) groups excluding carboxylic acids is 1. The number of hydrogen-bond acceptors (Lipinski definition) is 4. The minimum absolute atomic E-state index is 0.219. The Morgan fingerprint density at radius 1 is 1.29 bits per heavy atom. The molecule has 0 spiro atoms. The van der Waals surface area contributed by atoms with Gasteiger partial charge in [0.25, 0.3) is 0 Å². The van der Waals surface area contributed by atoms with Crippen LogP contribution >= 0.6 is 11.3 Å². The summed E-state index contributed by atoms with van der Waals surface area (Å²) in [7, 11) is 0. The van der Waals surface area contributed by atoms with Crippen LogP contribution in [-0.2, 0) is 22.6 Å². The van der Waals surface area contributed by atoms with E-state index in [0.29, 0.717) is 12.3 Å². The minimum atomic E-state index is -0.255. The second-order valence-corrected chi connectivity index (χ2v) is 4.45. The molecule has 0 saturated heterocycles. The maximum Gasteiger partial charge on any atom is 0.310 e. The van der Waals surface area contributed by atoms with Crippen molar-refractivity contribution in [2.24, 2.45) is 0 Å². The summed E-state index contributed by atoms with van der Waals surface area (Å²) in [5.41, 5.74) is 8.20. The molecular formula is C13H13NO2S. The lowest BCUT2D eigenvalue weighted by atomic mass is 10.1. The van der Waals surface area contributed by atoms with Gasteiger partial charge in [0.2, 0.25) is 0 Å². The summed E-state index contributed by atoms with van der Waals surface area (Å²) in [6, 6.07) is 9.25. The summed E-state index contributed by atoms with van der Waals surface area (Å²) in [5.74, 6) is -0.255. The van der Waals surface area contributed by atoms with Gasteiger partial charge in [-0.2, -0.15) is 11.3 Å². The van der Waals surface area contributed by atoms with Gasteiger partial charge in [-0.1, -0.05) is 18.2 Å². The molecular weight excluding hydrogens is 234 g/mol. The first kappa shape index (κ1) is 11.7. The van der Waals surface area contributed by atoms with Crippen LogP contribution in [0.4, 0.5) is 5.69 Å². The number of nitrogens with two attached hydrogens (primary N) is 1. The molecule has 0 aliphatic carbocycles. The van der Waals surface area contributed by atoms with Gasteiger partial charge < -0.3 is 10.5 Å². The number of rotatable bonds is 4. The minimum Gasteiger partial charge on any atom is -0.461 e. The van der Waals surface area contributed by atoms with Gasteiger partial charge in [0.1, 0.15) is 6.61 Å². The highest BCUT2D eigenvalue weighted by Crippen LogP contribution is 2.13. The molecule has 1 aromatic heterocycles. The highest BCUT2D eigenvalue weighted by Gasteiger charge is 2.07. The van der Waals surface area contributed by atoms with E-state index in [-0.39, 0.29) is 12.4 Å². The smallest absolute Gasteiger partial charge is 0.310 e. The molecule has 17 heavy (non-hydrogen) atoms. The van der Waals surface area contributed by atoms with E-state index in [4.69, 9.17) is 10.5 Å². The molecule has 88 valence electrons. The van der Waals surface area contributed by atoms with E-state index in [1.165, 1.54) is 0 Å². The third-order valence-electron chi connectivity index (χ3n) is 2.37. The Kier molecular flexibility index (Phi) is 3.77. The van der Waals surface area contributed by atoms with Gasteiger partial charge >= 0.3 is 5.97 Å². The van der Waals surface area contributed by atoms with E-state index in [1.807, 2.05) is 35.0 Å². The highest BCUT2D eigenvalue weighted by molar-refractivity contribution is 7.07. The number of thiophene rings is 1. The van der Waals surface area contributed by atoms with Crippen molar-refractivity contribution in [1.29, 1.82) is 0 Å². The summed E-state index contributed by atoms with van der Waals surface area (Å²) in [6.07, 6.45) is 0.219. The van der Waals surface area contributed by atoms with Crippen molar-refractivity contribution in [3.8, 4) is 0 Å². The molecule has 0 unspecified atom stereocenters. The number of para-hydroxylation sites is 1. The van der Waals surface area contributed by atoms with E-state index in [0.717, 1.165) is 11.1 Å². The number of carbonyl (C=O) groups is 1. The third-order valence-corrected chi connectivity index (χ3v) is 3.10. The van der Waals surface area contributed by atoms with Gasteiger partial charge in [0, 0.05) is 11.3 Å². The van der Waals surface area contributed by atoms with Crippen LogP contribution in [0.2, 0.25) is 0 Å². The average molecular weight is 247 g/mol. The monoisotopic (exact) mass is 247 g/mol. The van der Waals surface area contributed by atoms with E-state index >= 15 is 0 Å². The average Bonchev–Trinajstić information content (AvgIpc) is 2.82. The number of hydrogen-bond donors (Lipinski definition) is 1. The van der Waals surface area contributed by atoms with Gasteiger partial charge in [0.15, 0.2) is 0 Å². The molecule has 0 radical (unpaired) electrons. The van der Waals surface area contributed by atoms with Crippen LogP contribution in [0.15, 0.2) is 41.1 Å². The van der Waals surface area contributed by atoms with E-state index in [9.17, 15) is 4.79 Å². The Balaban J connectivity index is 1.87. The fourth-order valence-corrected chi connectivity index (χ4v) is 2.09. The maximum atomic E-state index is 11.6. The molecule has 0 aliphatic rings. The normalized spacial score (nSPS) is 10.1. The number of anilines is 1. The van der Waals surface area contributed by atoms with Crippen LogP contribution in [0.25, 0.3) is 0 Å². The number of nitrogen functional groups attached to an aromatic ring is 1. The van der Waals surface area contributed by atoms with Crippen molar-refractivity contribution in [3.05, 3.63) is 52.2 Å². The highest BCUT2D eigenvalue weighted by atomic mass is 32.1. The fraction of sp³-hybridized carbons (Fsp3) is 0.154. The second kappa shape index (κ2) is 5.50. The summed E-state index contributed by atoms with van der Waals surface area (Å²) in [4.78, 5) is 11.6. The molecule has 0 fully saturated rings. The SMILES string of the molecule is Nc1ccccc1CC(=O)OCc1ccsc1. The van der Waals surface area contributed by atoms with Crippen molar-refractivity contribution in [3.63, 3.8) is 0 Å². The van der Waals surface area contributed by atoms with Gasteiger partial charge in [0.05, 0.1) is 6.42 Å². The second-order valence-electron chi connectivity index (χ2n) is 3.67. The van der Waals surface area contributed by atoms with Crippen molar-refractivity contribution in [2.75, 3.05) is 5.73 Å². The summed E-state index contributed by atoms with van der Waals surface area (Å²) >= 11 is 1.59. The van der Waals surface area contributed by atoms with Crippen molar-refractivity contribution >= 4 is 23.0 Å². The molecule has 3 nitrogen and oxygen atoms in total. The Hall–Kier alpha value is -1.81. The Labute approximate surface area is 104 Å². The summed E-state index contributed by atoms with van der Waals surface area (Å²) in [6.45, 7) is 0.328. The van der Waals surface area contributed by atoms with Crippen LogP contribution in [0, 0.1) is 0 Å². The van der Waals surface area contributed by atoms with Crippen LogP contribution < -0.4 is 5.73 Å². The first-order valence-corrected chi connectivity index (χ1v) is 6.20. The lowest BCUT2D eigenvalue weighted by Gasteiger charge is -2.05. The quantitative estimate of drug-likeness (QED) is 0.667. The maximum absolute atomic E-state index is 11.6. The number of benzene rings is 1. The van der Waals surface area contributed by atoms with Crippen LogP contribution in [0.5, 0.6) is 0 Å². The topological polar surface area (TPSA) is 52.3 Å². The molecule has 0 amide bonds. The van der Waals surface area contributed by atoms with Gasteiger partial charge in [-0.25, -0.2) is 0 Å². The zero-order valence-corrected chi connectivity index (χ0v) is 10.1. The van der Waals surface area contributed by atoms with Crippen molar-refractivity contribution in [1.82, 2.24) is 0 Å². The van der Waals surface area contributed by atoms with Crippen molar-refractivity contribution < 1.29 is 9.53 Å². The summed E-state index contributed by atoms with van der Waals surface area (Å²) in [5, 5.41) is 3.92. The van der Waals surface area contributed by atoms with E-state index in [2.05, 4.69) is 0 Å². The molecule has 1 aromatic carbocycles. The zero-order chi connectivity index (χ0) is 12.1. The Bertz CT molecular complexity index is 494. The standard InChI is InChI=1S/C13H13NO2S/c14-12-4-2-1-3-11(12)7-13(15)16-8-10-5-6-17-9-10/h1-6,9H,7-8,14H2. The first-order chi connectivity index (χ1) is 8.25. The molecule has 0 aliphatic heterocycles. The predicted molar refractivity (Wildman–Crippen MR) is 68.7 cm³/mol. The third kappa shape index (κ3) is 3.32. The largest absolute Gasteiger partial charge is 0.461 e. The van der Waals surface area contributed by atoms with E-state index in [1.54, 1.807) is 17.4 Å². The lowest BCUT2D eigenvalue weighted by molar-refractivity contribution is -0.144. The molecule has 0 saturated carbocycles. The molecule has 2 aromatic rings. The van der Waals surface area contributed by atoms with Crippen LogP contribution in [-0.4, -0.2) is 5.97 Å². The zero-order valence-electron chi connectivity index (χ0n) is 9.26. The van der Waals surface area contributed by atoms with Gasteiger partial charge in [-0.3, -0.25) is 4.79 Å². The summed E-state index contributed by atoms with van der Waals surface area (Å²) < 4.78 is 5.16. The van der Waals surface area contributed by atoms with Crippen LogP contribution in [0.1, 0.15) is 11.1 Å².